The highest BCUT2D eigenvalue weighted by Gasteiger charge is 2.38. The Morgan fingerprint density at radius 3 is 2.61 bits per heavy atom. The molecule has 1 aliphatic rings. The van der Waals surface area contributed by atoms with Gasteiger partial charge in [-0.2, -0.15) is 0 Å². The van der Waals surface area contributed by atoms with Gasteiger partial charge in [0.1, 0.15) is 11.3 Å². The zero-order valence-corrected chi connectivity index (χ0v) is 17.3. The molecule has 3 aromatic rings. The first-order chi connectivity index (χ1) is 13.3. The summed E-state index contributed by atoms with van der Waals surface area (Å²) in [7, 11) is 0. The second-order valence-corrected chi connectivity index (χ2v) is 8.75. The van der Waals surface area contributed by atoms with Gasteiger partial charge < -0.3 is 19.8 Å². The summed E-state index contributed by atoms with van der Waals surface area (Å²) in [6.07, 6.45) is 2.74. The van der Waals surface area contributed by atoms with Crippen LogP contribution in [0.15, 0.2) is 24.3 Å². The topological polar surface area (TPSA) is 75.2 Å². The Kier molecular flexibility index (Phi) is 4.79. The van der Waals surface area contributed by atoms with Gasteiger partial charge in [-0.05, 0) is 24.8 Å². The zero-order valence-electron chi connectivity index (χ0n) is 17.3. The van der Waals surface area contributed by atoms with E-state index in [2.05, 4.69) is 36.4 Å². The monoisotopic (exact) mass is 382 g/mol. The highest BCUT2D eigenvalue weighted by Crippen LogP contribution is 2.37. The maximum Gasteiger partial charge on any atom is 0.166 e. The molecule has 0 aliphatic carbocycles. The first-order valence-electron chi connectivity index (χ1n) is 10.1. The number of pyridine rings is 1. The Labute approximate surface area is 166 Å². The minimum absolute atomic E-state index is 0.0473. The van der Waals surface area contributed by atoms with Gasteiger partial charge in [-0.3, -0.25) is 0 Å². The number of imidazole rings is 1. The molecular formula is C22H30N4O2. The number of hydrogen-bond acceptors (Lipinski definition) is 5. The average molecular weight is 383 g/mol. The highest BCUT2D eigenvalue weighted by molar-refractivity contribution is 6.06. The van der Waals surface area contributed by atoms with Gasteiger partial charge >= 0.3 is 0 Å². The Hall–Kier alpha value is -2.18. The van der Waals surface area contributed by atoms with Crippen molar-refractivity contribution >= 4 is 27.8 Å². The van der Waals surface area contributed by atoms with Crippen LogP contribution in [0.25, 0.3) is 21.9 Å². The fraction of sp³-hybridized carbons (Fsp3) is 0.545. The maximum atomic E-state index is 6.29. The van der Waals surface area contributed by atoms with Crippen molar-refractivity contribution in [3.05, 3.63) is 30.1 Å². The predicted octanol–water partition coefficient (Wildman–Crippen LogP) is 4.30. The van der Waals surface area contributed by atoms with Crippen LogP contribution in [0.1, 0.15) is 46.4 Å². The molecule has 0 atom stereocenters. The molecule has 4 rings (SSSR count). The van der Waals surface area contributed by atoms with E-state index in [1.54, 1.807) is 0 Å². The van der Waals surface area contributed by atoms with E-state index in [4.69, 9.17) is 20.2 Å². The number of rotatable bonds is 6. The largest absolute Gasteiger partial charge is 0.382 e. The summed E-state index contributed by atoms with van der Waals surface area (Å²) in [5, 5.41) is 1.09. The van der Waals surface area contributed by atoms with Crippen molar-refractivity contribution in [3.63, 3.8) is 0 Å². The number of nitrogen functional groups attached to an aromatic ring is 1. The number of fused-ring (bicyclic) bond motifs is 3. The minimum Gasteiger partial charge on any atom is -0.382 e. The third-order valence-electron chi connectivity index (χ3n) is 5.45. The number of para-hydroxylation sites is 1. The van der Waals surface area contributed by atoms with E-state index in [0.717, 1.165) is 53.6 Å². The summed E-state index contributed by atoms with van der Waals surface area (Å²) in [6.45, 7) is 10.9. The summed E-state index contributed by atoms with van der Waals surface area (Å²) in [6, 6.07) is 8.15. The van der Waals surface area contributed by atoms with Gasteiger partial charge in [0.2, 0.25) is 0 Å². The van der Waals surface area contributed by atoms with Gasteiger partial charge in [-0.25, -0.2) is 9.97 Å². The molecular weight excluding hydrogens is 352 g/mol. The summed E-state index contributed by atoms with van der Waals surface area (Å²) >= 11 is 0. The Morgan fingerprint density at radius 1 is 1.18 bits per heavy atom. The fourth-order valence-corrected chi connectivity index (χ4v) is 4.50. The molecule has 0 amide bonds. The van der Waals surface area contributed by atoms with Crippen molar-refractivity contribution in [2.24, 2.45) is 5.41 Å². The van der Waals surface area contributed by atoms with Crippen molar-refractivity contribution < 1.29 is 9.47 Å². The summed E-state index contributed by atoms with van der Waals surface area (Å²) in [4.78, 5) is 9.47. The lowest BCUT2D eigenvalue weighted by molar-refractivity contribution is -0.164. The predicted molar refractivity (Wildman–Crippen MR) is 112 cm³/mol. The molecule has 2 N–H and O–H groups in total. The van der Waals surface area contributed by atoms with E-state index in [1.165, 1.54) is 0 Å². The number of aromatic nitrogens is 3. The summed E-state index contributed by atoms with van der Waals surface area (Å²) < 4.78 is 14.1. The molecule has 0 bridgehead atoms. The van der Waals surface area contributed by atoms with Crippen LogP contribution < -0.4 is 5.73 Å². The average Bonchev–Trinajstić information content (AvgIpc) is 3.20. The molecule has 0 saturated carbocycles. The summed E-state index contributed by atoms with van der Waals surface area (Å²) in [5.74, 6) is 1.04. The second-order valence-electron chi connectivity index (χ2n) is 8.75. The molecule has 2 aromatic heterocycles. The number of ether oxygens (including phenoxy) is 2. The lowest BCUT2D eigenvalue weighted by Gasteiger charge is -2.34. The lowest BCUT2D eigenvalue weighted by atomic mass is 9.85. The molecule has 150 valence electrons. The SMILES string of the molecule is CCCc1nc2c(N)nc3ccccc3c2n1CC(C)(C)CC1(C)OCCO1. The van der Waals surface area contributed by atoms with Gasteiger partial charge in [0, 0.05) is 24.8 Å². The Morgan fingerprint density at radius 2 is 1.89 bits per heavy atom. The van der Waals surface area contributed by atoms with E-state index in [1.807, 2.05) is 25.1 Å². The highest BCUT2D eigenvalue weighted by atomic mass is 16.7. The van der Waals surface area contributed by atoms with Crippen molar-refractivity contribution in [1.29, 1.82) is 0 Å². The molecule has 1 aliphatic heterocycles. The first kappa shape index (κ1) is 19.2. The van der Waals surface area contributed by atoms with Crippen LogP contribution in [0.2, 0.25) is 0 Å². The number of nitrogens with zero attached hydrogens (tertiary/aromatic N) is 3. The van der Waals surface area contributed by atoms with E-state index < -0.39 is 5.79 Å². The van der Waals surface area contributed by atoms with Crippen LogP contribution in [0.3, 0.4) is 0 Å². The quantitative estimate of drug-likeness (QED) is 0.688. The minimum atomic E-state index is -0.520. The van der Waals surface area contributed by atoms with E-state index in [0.29, 0.717) is 19.0 Å². The number of anilines is 1. The first-order valence-corrected chi connectivity index (χ1v) is 10.1. The van der Waals surface area contributed by atoms with Crippen LogP contribution in [0.5, 0.6) is 0 Å². The van der Waals surface area contributed by atoms with Gasteiger partial charge in [0.05, 0.1) is 24.2 Å². The second kappa shape index (κ2) is 7.01. The van der Waals surface area contributed by atoms with Crippen LogP contribution in [0.4, 0.5) is 5.82 Å². The van der Waals surface area contributed by atoms with Gasteiger partial charge in [-0.1, -0.05) is 39.0 Å². The number of benzene rings is 1. The number of aryl methyl sites for hydroxylation is 1. The van der Waals surface area contributed by atoms with Crippen LogP contribution in [-0.4, -0.2) is 33.5 Å². The molecule has 0 unspecified atom stereocenters. The van der Waals surface area contributed by atoms with Gasteiger partial charge in [0.15, 0.2) is 11.6 Å². The fourth-order valence-electron chi connectivity index (χ4n) is 4.50. The molecule has 3 heterocycles. The maximum absolute atomic E-state index is 6.29. The number of hydrogen-bond donors (Lipinski definition) is 1. The molecule has 1 fully saturated rings. The molecule has 0 spiro atoms. The van der Waals surface area contributed by atoms with Crippen molar-refractivity contribution in [2.75, 3.05) is 18.9 Å². The molecule has 0 radical (unpaired) electrons. The standard InChI is InChI=1S/C22H30N4O2/c1-5-8-17-25-18-19(15-9-6-7-10-16(15)24-20(18)23)26(17)14-21(2,3)13-22(4)27-11-12-28-22/h6-7,9-10H,5,8,11-14H2,1-4H3,(H2,23,24). The lowest BCUT2D eigenvalue weighted by Crippen LogP contribution is -2.35. The Bertz CT molecular complexity index is 1000. The van der Waals surface area contributed by atoms with Crippen molar-refractivity contribution in [3.8, 4) is 0 Å². The van der Waals surface area contributed by atoms with Crippen molar-refractivity contribution in [1.82, 2.24) is 14.5 Å². The molecule has 1 aromatic carbocycles. The van der Waals surface area contributed by atoms with E-state index >= 15 is 0 Å². The van der Waals surface area contributed by atoms with Crippen LogP contribution in [0, 0.1) is 5.41 Å². The van der Waals surface area contributed by atoms with Crippen molar-refractivity contribution in [2.45, 2.75) is 59.3 Å². The molecule has 6 heteroatoms. The molecule has 28 heavy (non-hydrogen) atoms. The third-order valence-corrected chi connectivity index (χ3v) is 5.45. The molecule has 1 saturated heterocycles. The third kappa shape index (κ3) is 3.47. The van der Waals surface area contributed by atoms with Gasteiger partial charge in [-0.15, -0.1) is 0 Å². The van der Waals surface area contributed by atoms with Crippen LogP contribution in [-0.2, 0) is 22.4 Å². The number of nitrogens with two attached hydrogens (primary N) is 1. The van der Waals surface area contributed by atoms with E-state index in [9.17, 15) is 0 Å². The van der Waals surface area contributed by atoms with Crippen LogP contribution >= 0.6 is 0 Å². The molecule has 6 nitrogen and oxygen atoms in total. The zero-order chi connectivity index (χ0) is 19.9. The normalized spacial score (nSPS) is 17.0. The Balaban J connectivity index is 1.83. The smallest absolute Gasteiger partial charge is 0.166 e. The summed E-state index contributed by atoms with van der Waals surface area (Å²) in [5.41, 5.74) is 9.03. The van der Waals surface area contributed by atoms with Gasteiger partial charge in [0.25, 0.3) is 0 Å². The van der Waals surface area contributed by atoms with E-state index in [-0.39, 0.29) is 5.41 Å².